The van der Waals surface area contributed by atoms with Crippen molar-refractivity contribution in [2.75, 3.05) is 22.6 Å². The zero-order valence-corrected chi connectivity index (χ0v) is 18.6. The summed E-state index contributed by atoms with van der Waals surface area (Å²) < 4.78 is 10.8. The molecule has 4 rings (SSSR count). The van der Waals surface area contributed by atoms with Crippen LogP contribution in [0.2, 0.25) is 5.02 Å². The van der Waals surface area contributed by atoms with Gasteiger partial charge in [-0.3, -0.25) is 0 Å². The number of ether oxygens (including phenoxy) is 1. The number of anilines is 4. The summed E-state index contributed by atoms with van der Waals surface area (Å²) in [5.74, 6) is 0.299. The van der Waals surface area contributed by atoms with Crippen molar-refractivity contribution in [3.63, 3.8) is 0 Å². The number of aromatic nitrogens is 2. The van der Waals surface area contributed by atoms with Gasteiger partial charge in [0.15, 0.2) is 0 Å². The molecular weight excluding hydrogens is 446 g/mol. The molecule has 3 N–H and O–H groups in total. The zero-order chi connectivity index (χ0) is 23.4. The number of carbonyl (C=O) groups is 2. The van der Waals surface area contributed by atoms with Crippen LogP contribution in [-0.4, -0.2) is 28.6 Å². The first-order chi connectivity index (χ1) is 15.9. The van der Waals surface area contributed by atoms with E-state index in [0.29, 0.717) is 39.0 Å². The van der Waals surface area contributed by atoms with E-state index in [1.165, 1.54) is 6.33 Å². The van der Waals surface area contributed by atoms with E-state index >= 15 is 0 Å². The number of rotatable bonds is 6. The van der Waals surface area contributed by atoms with Crippen molar-refractivity contribution in [3.05, 3.63) is 71.2 Å². The fourth-order valence-corrected chi connectivity index (χ4v) is 3.41. The largest absolute Gasteiger partial charge is 0.462 e. The second-order valence-corrected chi connectivity index (χ2v) is 7.38. The predicted octanol–water partition coefficient (Wildman–Crippen LogP) is 5.75. The van der Waals surface area contributed by atoms with Crippen LogP contribution in [0.3, 0.4) is 0 Å². The number of carbonyl (C=O) groups excluding carboxylic acids is 2. The molecule has 2 aromatic heterocycles. The van der Waals surface area contributed by atoms with E-state index in [-0.39, 0.29) is 17.9 Å². The highest BCUT2D eigenvalue weighted by atomic mass is 35.5. The molecule has 0 saturated heterocycles. The molecule has 33 heavy (non-hydrogen) atoms. The summed E-state index contributed by atoms with van der Waals surface area (Å²) in [6, 6.07) is 13.4. The number of nitrogens with one attached hydrogen (secondary N) is 3. The molecule has 0 aliphatic rings. The molecule has 2 aromatic carbocycles. The van der Waals surface area contributed by atoms with Crippen LogP contribution in [-0.2, 0) is 4.74 Å². The molecule has 10 heteroatoms. The van der Waals surface area contributed by atoms with Crippen LogP contribution in [0.5, 0.6) is 0 Å². The van der Waals surface area contributed by atoms with E-state index in [1.54, 1.807) is 62.4 Å². The van der Waals surface area contributed by atoms with Gasteiger partial charge < -0.3 is 25.1 Å². The highest BCUT2D eigenvalue weighted by Gasteiger charge is 2.23. The van der Waals surface area contributed by atoms with Crippen LogP contribution in [0.25, 0.3) is 11.1 Å². The Labute approximate surface area is 194 Å². The average molecular weight is 466 g/mol. The SMILES string of the molecule is CCOC(=O)c1c(C)oc2ncnc(Nc3ccc(NC(=O)Nc4cccc(Cl)c4)cc3)c12. The molecule has 0 aliphatic heterocycles. The van der Waals surface area contributed by atoms with E-state index in [4.69, 9.17) is 20.8 Å². The summed E-state index contributed by atoms with van der Waals surface area (Å²) in [7, 11) is 0. The highest BCUT2D eigenvalue weighted by molar-refractivity contribution is 6.30. The normalized spacial score (nSPS) is 10.6. The second kappa shape index (κ2) is 9.58. The lowest BCUT2D eigenvalue weighted by Crippen LogP contribution is -2.19. The number of fused-ring (bicyclic) bond motifs is 1. The summed E-state index contributed by atoms with van der Waals surface area (Å²) in [6.45, 7) is 3.64. The highest BCUT2D eigenvalue weighted by Crippen LogP contribution is 2.31. The lowest BCUT2D eigenvalue weighted by molar-refractivity contribution is 0.0526. The zero-order valence-electron chi connectivity index (χ0n) is 17.8. The minimum atomic E-state index is -0.503. The number of nitrogens with zero attached hydrogens (tertiary/aromatic N) is 2. The summed E-state index contributed by atoms with van der Waals surface area (Å²) in [5, 5.41) is 9.60. The van der Waals surface area contributed by atoms with E-state index < -0.39 is 12.0 Å². The molecule has 0 atom stereocenters. The standard InChI is InChI=1S/C23H20ClN5O4/c1-3-32-22(30)18-13(2)33-21-19(18)20(25-12-26-21)27-15-7-9-16(10-8-15)28-23(31)29-17-6-4-5-14(24)11-17/h4-12H,3H2,1-2H3,(H,25,26,27)(H2,28,29,31). The third-order valence-corrected chi connectivity index (χ3v) is 4.87. The van der Waals surface area contributed by atoms with Crippen molar-refractivity contribution < 1.29 is 18.7 Å². The van der Waals surface area contributed by atoms with Crippen LogP contribution in [0.4, 0.5) is 27.7 Å². The minimum Gasteiger partial charge on any atom is -0.462 e. The van der Waals surface area contributed by atoms with Crippen molar-refractivity contribution in [1.29, 1.82) is 0 Å². The van der Waals surface area contributed by atoms with Gasteiger partial charge in [-0.2, -0.15) is 0 Å². The Morgan fingerprint density at radius 1 is 1.03 bits per heavy atom. The Bertz CT molecular complexity index is 1320. The number of furan rings is 1. The maximum Gasteiger partial charge on any atom is 0.342 e. The molecule has 2 heterocycles. The summed E-state index contributed by atoms with van der Waals surface area (Å²) >= 11 is 5.93. The van der Waals surface area contributed by atoms with Crippen molar-refractivity contribution >= 4 is 57.6 Å². The van der Waals surface area contributed by atoms with Crippen LogP contribution in [0.15, 0.2) is 59.3 Å². The third kappa shape index (κ3) is 5.04. The maximum atomic E-state index is 12.4. The maximum absolute atomic E-state index is 12.4. The first kappa shape index (κ1) is 22.1. The van der Waals surface area contributed by atoms with Gasteiger partial charge in [-0.1, -0.05) is 17.7 Å². The fraction of sp³-hybridized carbons (Fsp3) is 0.130. The molecule has 0 radical (unpaired) electrons. The van der Waals surface area contributed by atoms with Crippen molar-refractivity contribution in [2.45, 2.75) is 13.8 Å². The van der Waals surface area contributed by atoms with Gasteiger partial charge in [0, 0.05) is 22.1 Å². The topological polar surface area (TPSA) is 118 Å². The lowest BCUT2D eigenvalue weighted by Gasteiger charge is -2.10. The molecule has 0 saturated carbocycles. The van der Waals surface area contributed by atoms with Gasteiger partial charge in [-0.25, -0.2) is 19.6 Å². The number of hydrogen-bond donors (Lipinski definition) is 3. The third-order valence-electron chi connectivity index (χ3n) is 4.63. The van der Waals surface area contributed by atoms with E-state index in [2.05, 4.69) is 25.9 Å². The number of halogens is 1. The van der Waals surface area contributed by atoms with E-state index in [9.17, 15) is 9.59 Å². The molecule has 2 amide bonds. The Morgan fingerprint density at radius 3 is 2.48 bits per heavy atom. The van der Waals surface area contributed by atoms with Gasteiger partial charge in [0.2, 0.25) is 5.71 Å². The number of hydrogen-bond acceptors (Lipinski definition) is 7. The molecule has 0 spiro atoms. The van der Waals surface area contributed by atoms with Gasteiger partial charge in [0.1, 0.15) is 23.5 Å². The number of esters is 1. The van der Waals surface area contributed by atoms with Crippen molar-refractivity contribution in [2.24, 2.45) is 0 Å². The van der Waals surface area contributed by atoms with Crippen LogP contribution in [0.1, 0.15) is 23.0 Å². The number of aryl methyl sites for hydroxylation is 1. The number of benzene rings is 2. The number of amides is 2. The molecule has 0 aliphatic carbocycles. The van der Waals surface area contributed by atoms with Gasteiger partial charge in [0.25, 0.3) is 0 Å². The quantitative estimate of drug-likeness (QED) is 0.310. The van der Waals surface area contributed by atoms with Crippen LogP contribution < -0.4 is 16.0 Å². The number of urea groups is 1. The van der Waals surface area contributed by atoms with E-state index in [0.717, 1.165) is 0 Å². The molecule has 168 valence electrons. The van der Waals surface area contributed by atoms with Crippen molar-refractivity contribution in [3.8, 4) is 0 Å². The summed E-state index contributed by atoms with van der Waals surface area (Å²) in [5.41, 5.74) is 2.41. The lowest BCUT2D eigenvalue weighted by atomic mass is 10.2. The summed E-state index contributed by atoms with van der Waals surface area (Å²) in [4.78, 5) is 33.0. The first-order valence-electron chi connectivity index (χ1n) is 10.1. The van der Waals surface area contributed by atoms with E-state index in [1.807, 2.05) is 0 Å². The molecule has 9 nitrogen and oxygen atoms in total. The molecule has 4 aromatic rings. The Morgan fingerprint density at radius 2 is 1.76 bits per heavy atom. The molecule has 0 unspecified atom stereocenters. The van der Waals surface area contributed by atoms with Crippen LogP contribution >= 0.6 is 11.6 Å². The molecule has 0 fully saturated rings. The minimum absolute atomic E-state index is 0.237. The fourth-order valence-electron chi connectivity index (χ4n) is 3.22. The molecule has 0 bridgehead atoms. The van der Waals surface area contributed by atoms with Gasteiger partial charge >= 0.3 is 12.0 Å². The smallest absolute Gasteiger partial charge is 0.342 e. The Kier molecular flexibility index (Phi) is 6.41. The molecular formula is C23H20ClN5O4. The van der Waals surface area contributed by atoms with Gasteiger partial charge in [0.05, 0.1) is 12.0 Å². The first-order valence-corrected chi connectivity index (χ1v) is 10.4. The predicted molar refractivity (Wildman–Crippen MR) is 126 cm³/mol. The Hall–Kier alpha value is -4.11. The van der Waals surface area contributed by atoms with Crippen molar-refractivity contribution in [1.82, 2.24) is 9.97 Å². The average Bonchev–Trinajstić information content (AvgIpc) is 3.12. The monoisotopic (exact) mass is 465 g/mol. The summed E-state index contributed by atoms with van der Waals surface area (Å²) in [6.07, 6.45) is 1.35. The Balaban J connectivity index is 1.50. The van der Waals surface area contributed by atoms with Crippen LogP contribution in [0, 0.1) is 6.92 Å². The second-order valence-electron chi connectivity index (χ2n) is 6.95. The van der Waals surface area contributed by atoms with Gasteiger partial charge in [-0.15, -0.1) is 0 Å². The van der Waals surface area contributed by atoms with Gasteiger partial charge in [-0.05, 0) is 56.3 Å².